The molecular formula is C11H16N4O2. The first-order valence-corrected chi connectivity index (χ1v) is 5.52. The summed E-state index contributed by atoms with van der Waals surface area (Å²) in [6, 6.07) is 0. The first-order chi connectivity index (χ1) is 8.09. The van der Waals surface area contributed by atoms with E-state index in [4.69, 9.17) is 20.6 Å². The van der Waals surface area contributed by atoms with Crippen LogP contribution in [0.2, 0.25) is 0 Å². The van der Waals surface area contributed by atoms with Crippen LogP contribution >= 0.6 is 0 Å². The lowest BCUT2D eigenvalue weighted by molar-refractivity contribution is 0.137. The van der Waals surface area contributed by atoms with Crippen molar-refractivity contribution in [3.05, 3.63) is 16.8 Å². The summed E-state index contributed by atoms with van der Waals surface area (Å²) in [5.41, 5.74) is 7.68. The summed E-state index contributed by atoms with van der Waals surface area (Å²) in [5, 5.41) is 15.6. The van der Waals surface area contributed by atoms with Crippen LogP contribution in [0.3, 0.4) is 0 Å². The summed E-state index contributed by atoms with van der Waals surface area (Å²) < 4.78 is 10.9. The SMILES string of the molecule is Cc1nnc(OC2CCOC2)c(C(=N)N)c1C. The first-order valence-electron chi connectivity index (χ1n) is 5.52. The van der Waals surface area contributed by atoms with E-state index in [9.17, 15) is 0 Å². The van der Waals surface area contributed by atoms with Crippen molar-refractivity contribution < 1.29 is 9.47 Å². The zero-order valence-electron chi connectivity index (χ0n) is 9.99. The maximum absolute atomic E-state index is 7.59. The van der Waals surface area contributed by atoms with Crippen LogP contribution in [0.4, 0.5) is 0 Å². The molecule has 1 atom stereocenters. The normalized spacial score (nSPS) is 19.3. The second-order valence-corrected chi connectivity index (χ2v) is 4.11. The van der Waals surface area contributed by atoms with Gasteiger partial charge in [-0.05, 0) is 19.4 Å². The molecule has 3 N–H and O–H groups in total. The van der Waals surface area contributed by atoms with Crippen LogP contribution in [-0.4, -0.2) is 35.4 Å². The van der Waals surface area contributed by atoms with Crippen molar-refractivity contribution in [3.63, 3.8) is 0 Å². The lowest BCUT2D eigenvalue weighted by Gasteiger charge is -2.15. The fraction of sp³-hybridized carbons (Fsp3) is 0.545. The second-order valence-electron chi connectivity index (χ2n) is 4.11. The van der Waals surface area contributed by atoms with Crippen molar-refractivity contribution in [3.8, 4) is 5.88 Å². The maximum Gasteiger partial charge on any atom is 0.245 e. The molecule has 1 aromatic rings. The average Bonchev–Trinajstić information content (AvgIpc) is 2.76. The topological polar surface area (TPSA) is 94.1 Å². The summed E-state index contributed by atoms with van der Waals surface area (Å²) in [5.74, 6) is 0.283. The Bertz CT molecular complexity index is 441. The summed E-state index contributed by atoms with van der Waals surface area (Å²) in [4.78, 5) is 0. The van der Waals surface area contributed by atoms with Gasteiger partial charge in [-0.1, -0.05) is 0 Å². The Hall–Kier alpha value is -1.69. The molecule has 0 radical (unpaired) electrons. The highest BCUT2D eigenvalue weighted by molar-refractivity contribution is 5.98. The predicted octanol–water partition coefficient (Wildman–Crippen LogP) is 0.545. The van der Waals surface area contributed by atoms with Crippen molar-refractivity contribution >= 4 is 5.84 Å². The molecule has 1 unspecified atom stereocenters. The van der Waals surface area contributed by atoms with Crippen molar-refractivity contribution in [1.29, 1.82) is 5.41 Å². The minimum absolute atomic E-state index is 0.0236. The Balaban J connectivity index is 2.32. The maximum atomic E-state index is 7.59. The van der Waals surface area contributed by atoms with E-state index in [0.29, 0.717) is 24.7 Å². The highest BCUT2D eigenvalue weighted by Gasteiger charge is 2.22. The minimum atomic E-state index is -0.0468. The number of hydrogen-bond donors (Lipinski definition) is 2. The van der Waals surface area contributed by atoms with Gasteiger partial charge in [0.2, 0.25) is 5.88 Å². The van der Waals surface area contributed by atoms with Crippen LogP contribution in [0, 0.1) is 19.3 Å². The van der Waals surface area contributed by atoms with Crippen molar-refractivity contribution in [1.82, 2.24) is 10.2 Å². The van der Waals surface area contributed by atoms with E-state index in [0.717, 1.165) is 17.7 Å². The van der Waals surface area contributed by atoms with Gasteiger partial charge in [-0.25, -0.2) is 0 Å². The number of nitrogens with one attached hydrogen (secondary N) is 1. The molecule has 17 heavy (non-hydrogen) atoms. The predicted molar refractivity (Wildman–Crippen MR) is 62.4 cm³/mol. The third kappa shape index (κ3) is 2.36. The molecule has 2 rings (SSSR count). The number of nitrogen functional groups attached to an aromatic ring is 1. The minimum Gasteiger partial charge on any atom is -0.470 e. The average molecular weight is 236 g/mol. The molecular weight excluding hydrogens is 220 g/mol. The monoisotopic (exact) mass is 236 g/mol. The third-order valence-corrected chi connectivity index (χ3v) is 2.86. The molecule has 1 fully saturated rings. The number of aromatic nitrogens is 2. The van der Waals surface area contributed by atoms with Gasteiger partial charge < -0.3 is 15.2 Å². The molecule has 6 nitrogen and oxygen atoms in total. The van der Waals surface area contributed by atoms with Gasteiger partial charge in [-0.3, -0.25) is 5.41 Å². The summed E-state index contributed by atoms with van der Waals surface area (Å²) >= 11 is 0. The third-order valence-electron chi connectivity index (χ3n) is 2.86. The lowest BCUT2D eigenvalue weighted by atomic mass is 10.1. The summed E-state index contributed by atoms with van der Waals surface area (Å²) in [6.45, 7) is 4.93. The van der Waals surface area contributed by atoms with Crippen LogP contribution in [0.15, 0.2) is 0 Å². The zero-order chi connectivity index (χ0) is 12.4. The lowest BCUT2D eigenvalue weighted by Crippen LogP contribution is -2.22. The van der Waals surface area contributed by atoms with Crippen molar-refractivity contribution in [2.75, 3.05) is 13.2 Å². The van der Waals surface area contributed by atoms with Crippen molar-refractivity contribution in [2.24, 2.45) is 5.73 Å². The number of nitrogens with zero attached hydrogens (tertiary/aromatic N) is 2. The molecule has 0 aromatic carbocycles. The zero-order valence-corrected chi connectivity index (χ0v) is 9.99. The van der Waals surface area contributed by atoms with Crippen LogP contribution < -0.4 is 10.5 Å². The number of aryl methyl sites for hydroxylation is 1. The van der Waals surface area contributed by atoms with Crippen LogP contribution in [0.1, 0.15) is 23.2 Å². The molecule has 0 saturated carbocycles. The Labute approximate surface area is 99.6 Å². The summed E-state index contributed by atoms with van der Waals surface area (Å²) in [7, 11) is 0. The van der Waals surface area contributed by atoms with Crippen LogP contribution in [0.25, 0.3) is 0 Å². The summed E-state index contributed by atoms with van der Waals surface area (Å²) in [6.07, 6.45) is 0.802. The Morgan fingerprint density at radius 2 is 2.24 bits per heavy atom. The van der Waals surface area contributed by atoms with E-state index in [1.807, 2.05) is 13.8 Å². The van der Waals surface area contributed by atoms with E-state index in [2.05, 4.69) is 10.2 Å². The van der Waals surface area contributed by atoms with E-state index >= 15 is 0 Å². The van der Waals surface area contributed by atoms with Gasteiger partial charge >= 0.3 is 0 Å². The van der Waals surface area contributed by atoms with E-state index in [1.165, 1.54) is 0 Å². The van der Waals surface area contributed by atoms with Gasteiger partial charge in [-0.2, -0.15) is 5.10 Å². The van der Waals surface area contributed by atoms with Gasteiger partial charge in [0.05, 0.1) is 24.5 Å². The van der Waals surface area contributed by atoms with Gasteiger partial charge in [0, 0.05) is 6.42 Å². The molecule has 0 bridgehead atoms. The quantitative estimate of drug-likeness (QED) is 0.590. The van der Waals surface area contributed by atoms with Gasteiger partial charge in [0.1, 0.15) is 11.9 Å². The Morgan fingerprint density at radius 3 is 2.82 bits per heavy atom. The molecule has 1 saturated heterocycles. The molecule has 92 valence electrons. The Morgan fingerprint density at radius 1 is 1.47 bits per heavy atom. The number of ether oxygens (including phenoxy) is 2. The fourth-order valence-corrected chi connectivity index (χ4v) is 1.75. The van der Waals surface area contributed by atoms with E-state index in [1.54, 1.807) is 0 Å². The number of amidine groups is 1. The number of rotatable bonds is 3. The molecule has 2 heterocycles. The van der Waals surface area contributed by atoms with Crippen LogP contribution in [-0.2, 0) is 4.74 Å². The molecule has 1 aliphatic rings. The molecule has 0 aliphatic carbocycles. The van der Waals surface area contributed by atoms with Crippen LogP contribution in [0.5, 0.6) is 5.88 Å². The smallest absolute Gasteiger partial charge is 0.245 e. The number of hydrogen-bond acceptors (Lipinski definition) is 5. The molecule has 6 heteroatoms. The van der Waals surface area contributed by atoms with Gasteiger partial charge in [0.25, 0.3) is 0 Å². The first kappa shape index (κ1) is 11.8. The molecule has 0 amide bonds. The highest BCUT2D eigenvalue weighted by atomic mass is 16.5. The molecule has 1 aliphatic heterocycles. The van der Waals surface area contributed by atoms with E-state index in [-0.39, 0.29) is 11.9 Å². The Kier molecular flexibility index (Phi) is 3.23. The highest BCUT2D eigenvalue weighted by Crippen LogP contribution is 2.22. The second kappa shape index (κ2) is 4.67. The van der Waals surface area contributed by atoms with Gasteiger partial charge in [0.15, 0.2) is 0 Å². The largest absolute Gasteiger partial charge is 0.470 e. The molecule has 0 spiro atoms. The standard InChI is InChI=1S/C11H16N4O2/c1-6-7(2)14-15-11(9(6)10(12)13)17-8-3-4-16-5-8/h8H,3-5H2,1-2H3,(H3,12,13). The van der Waals surface area contributed by atoms with Gasteiger partial charge in [-0.15, -0.1) is 5.10 Å². The number of nitrogens with two attached hydrogens (primary N) is 1. The van der Waals surface area contributed by atoms with Crippen molar-refractivity contribution in [2.45, 2.75) is 26.4 Å². The van der Waals surface area contributed by atoms with E-state index < -0.39 is 0 Å². The fourth-order valence-electron chi connectivity index (χ4n) is 1.75. The molecule has 1 aromatic heterocycles.